The Morgan fingerprint density at radius 2 is 1.66 bits per heavy atom. The van der Waals surface area contributed by atoms with Crippen LogP contribution in [-0.4, -0.2) is 28.3 Å². The van der Waals surface area contributed by atoms with Crippen molar-refractivity contribution in [2.45, 2.75) is 64.9 Å². The van der Waals surface area contributed by atoms with Crippen LogP contribution in [0.1, 0.15) is 68.3 Å². The minimum absolute atomic E-state index is 0.203. The number of carbonyl (C=O) groups excluding carboxylic acids is 1. The Hall–Kier alpha value is -3.24. The molecule has 2 unspecified atom stereocenters. The highest BCUT2D eigenvalue weighted by Gasteiger charge is 2.46. The van der Waals surface area contributed by atoms with Crippen LogP contribution >= 0.6 is 0 Å². The van der Waals surface area contributed by atoms with Gasteiger partial charge in [-0.3, -0.25) is 9.78 Å². The van der Waals surface area contributed by atoms with Crippen molar-refractivity contribution in [2.24, 2.45) is 0 Å². The van der Waals surface area contributed by atoms with E-state index in [2.05, 4.69) is 42.5 Å². The molecule has 6 rings (SSSR count). The van der Waals surface area contributed by atoms with E-state index in [4.69, 9.17) is 14.8 Å². The van der Waals surface area contributed by atoms with E-state index in [0.29, 0.717) is 18.4 Å². The van der Waals surface area contributed by atoms with E-state index in [1.807, 2.05) is 26.0 Å². The lowest BCUT2D eigenvalue weighted by Gasteiger charge is -2.18. The molecule has 0 spiro atoms. The summed E-state index contributed by atoms with van der Waals surface area (Å²) in [4.78, 5) is 17.3. The molecule has 3 aromatic carbocycles. The zero-order valence-corrected chi connectivity index (χ0v) is 21.2. The number of pyridine rings is 1. The number of carbonyl (C=O) groups is 1. The Morgan fingerprint density at radius 1 is 1.00 bits per heavy atom. The van der Waals surface area contributed by atoms with E-state index in [-0.39, 0.29) is 12.4 Å². The third-order valence-corrected chi connectivity index (χ3v) is 6.79. The Morgan fingerprint density at radius 3 is 2.37 bits per heavy atom. The smallest absolute Gasteiger partial charge is 0.310 e. The van der Waals surface area contributed by atoms with Gasteiger partial charge in [-0.25, -0.2) is 0 Å². The Kier molecular flexibility index (Phi) is 5.88. The normalized spacial score (nSPS) is 17.7. The van der Waals surface area contributed by atoms with E-state index in [0.717, 1.165) is 27.7 Å². The predicted octanol–water partition coefficient (Wildman–Crippen LogP) is 6.83. The van der Waals surface area contributed by atoms with E-state index in [1.165, 1.54) is 33.9 Å². The molecule has 0 aliphatic heterocycles. The molecule has 4 aromatic rings. The number of para-hydroxylation sites is 1. The van der Waals surface area contributed by atoms with Gasteiger partial charge in [0.25, 0.3) is 0 Å². The van der Waals surface area contributed by atoms with Gasteiger partial charge in [0.15, 0.2) is 0 Å². The van der Waals surface area contributed by atoms with Crippen molar-refractivity contribution in [2.75, 3.05) is 6.61 Å². The number of aromatic nitrogens is 1. The molecule has 1 aromatic heterocycles. The molecule has 1 heterocycles. The Labute approximate surface area is 207 Å². The van der Waals surface area contributed by atoms with Gasteiger partial charge >= 0.3 is 5.97 Å². The molecule has 2 atom stereocenters. The van der Waals surface area contributed by atoms with Gasteiger partial charge in [-0.05, 0) is 97.5 Å². The number of aryl methyl sites for hydroxylation is 1. The molecule has 0 bridgehead atoms. The molecule has 0 saturated heterocycles. The number of esters is 1. The van der Waals surface area contributed by atoms with Crippen molar-refractivity contribution in [3.63, 3.8) is 0 Å². The molecule has 35 heavy (non-hydrogen) atoms. The fourth-order valence-corrected chi connectivity index (χ4v) is 5.44. The molecule has 1 N–H and O–H groups in total. The second-order valence-electron chi connectivity index (χ2n) is 10.6. The molecule has 0 radical (unpaired) electrons. The molecule has 2 aliphatic carbocycles. The van der Waals surface area contributed by atoms with Crippen molar-refractivity contribution in [1.29, 1.82) is 0 Å². The lowest BCUT2D eigenvalue weighted by atomic mass is 9.87. The predicted molar refractivity (Wildman–Crippen MR) is 142 cm³/mol. The summed E-state index contributed by atoms with van der Waals surface area (Å²) in [5.41, 5.74) is 7.63. The molecule has 2 aliphatic rings. The number of benzene rings is 3. The summed E-state index contributed by atoms with van der Waals surface area (Å²) in [5, 5.41) is 12.3. The maximum Gasteiger partial charge on any atom is 0.310 e. The van der Waals surface area contributed by atoms with Crippen LogP contribution < -0.4 is 0 Å². The summed E-state index contributed by atoms with van der Waals surface area (Å²) in [6.45, 7) is 9.46. The van der Waals surface area contributed by atoms with Crippen LogP contribution in [0.2, 0.25) is 0 Å². The van der Waals surface area contributed by atoms with Crippen molar-refractivity contribution in [3.05, 3.63) is 77.0 Å². The number of nitrogens with zero attached hydrogens (tertiary/aromatic N) is 1. The van der Waals surface area contributed by atoms with Crippen molar-refractivity contribution in [3.8, 4) is 11.1 Å². The van der Waals surface area contributed by atoms with Gasteiger partial charge in [-0.15, -0.1) is 0 Å². The van der Waals surface area contributed by atoms with Gasteiger partial charge in [-0.2, -0.15) is 0 Å². The number of hydrogen-bond acceptors (Lipinski definition) is 4. The third-order valence-electron chi connectivity index (χ3n) is 6.79. The van der Waals surface area contributed by atoms with Gasteiger partial charge in [0, 0.05) is 11.1 Å². The fourth-order valence-electron chi connectivity index (χ4n) is 5.44. The van der Waals surface area contributed by atoms with Gasteiger partial charge in [0.2, 0.25) is 0 Å². The highest BCUT2D eigenvalue weighted by Crippen LogP contribution is 2.63. The lowest BCUT2D eigenvalue weighted by molar-refractivity contribution is -0.142. The quantitative estimate of drug-likeness (QED) is 0.334. The van der Waals surface area contributed by atoms with Crippen LogP contribution in [0.15, 0.2) is 54.6 Å². The summed E-state index contributed by atoms with van der Waals surface area (Å²) >= 11 is 0. The zero-order chi connectivity index (χ0) is 24.9. The van der Waals surface area contributed by atoms with Crippen LogP contribution in [0.3, 0.4) is 0 Å². The summed E-state index contributed by atoms with van der Waals surface area (Å²) in [6.07, 6.45) is 1.53. The van der Waals surface area contributed by atoms with E-state index in [1.54, 1.807) is 20.8 Å². The van der Waals surface area contributed by atoms with Gasteiger partial charge < -0.3 is 9.84 Å². The molecule has 4 heteroatoms. The summed E-state index contributed by atoms with van der Waals surface area (Å²) in [5.74, 6) is 1.20. The first kappa shape index (κ1) is 23.5. The lowest BCUT2D eigenvalue weighted by Crippen LogP contribution is -2.11. The van der Waals surface area contributed by atoms with Crippen LogP contribution in [0.4, 0.5) is 0 Å². The second-order valence-corrected chi connectivity index (χ2v) is 10.6. The molecule has 180 valence electrons. The second kappa shape index (κ2) is 8.76. The monoisotopic (exact) mass is 467 g/mol. The average molecular weight is 468 g/mol. The molecule has 4 nitrogen and oxygen atoms in total. The highest BCUT2D eigenvalue weighted by atomic mass is 16.5. The van der Waals surface area contributed by atoms with Crippen molar-refractivity contribution < 1.29 is 14.6 Å². The van der Waals surface area contributed by atoms with Gasteiger partial charge in [0.1, 0.15) is 0 Å². The molecular formula is C31H33NO3. The molecule has 1 fully saturated rings. The number of hydrogen-bond donors (Lipinski definition) is 1. The molecule has 0 amide bonds. The topological polar surface area (TPSA) is 59.4 Å². The molecular weight excluding hydrogens is 434 g/mol. The molecule has 1 saturated carbocycles. The maximum atomic E-state index is 12.5. The highest BCUT2D eigenvalue weighted by molar-refractivity contribution is 6.09. The first-order valence-electron chi connectivity index (χ1n) is 12.5. The number of aliphatic hydroxyl groups is 1. The largest absolute Gasteiger partial charge is 0.466 e. The van der Waals surface area contributed by atoms with Crippen molar-refractivity contribution in [1.82, 2.24) is 4.98 Å². The minimum atomic E-state index is -0.500. The standard InChI is InChI=1S/C27H23NO2.C4H10O/c1-3-30-25(29)14-21-15(2)28-24-10-5-4-7-20(24)27(21)18-11-12-19-23-13-22(23)17-9-6-8-16(18)26(17)19;1-4(2,3)5/h4-12,22-23H,3,13-14H2,1-2H3;5H,1-3H3. The maximum absolute atomic E-state index is 12.5. The van der Waals surface area contributed by atoms with Gasteiger partial charge in [0.05, 0.1) is 24.1 Å². The summed E-state index contributed by atoms with van der Waals surface area (Å²) < 4.78 is 5.29. The number of fused-ring (bicyclic) bond motifs is 4. The fraction of sp³-hybridized carbons (Fsp3) is 0.355. The van der Waals surface area contributed by atoms with Crippen LogP contribution in [0, 0.1) is 6.92 Å². The van der Waals surface area contributed by atoms with Crippen LogP contribution in [0.5, 0.6) is 0 Å². The van der Waals surface area contributed by atoms with E-state index >= 15 is 0 Å². The van der Waals surface area contributed by atoms with Crippen LogP contribution in [-0.2, 0) is 16.0 Å². The van der Waals surface area contributed by atoms with E-state index in [9.17, 15) is 4.79 Å². The first-order chi connectivity index (χ1) is 16.7. The van der Waals surface area contributed by atoms with Crippen molar-refractivity contribution >= 4 is 27.6 Å². The first-order valence-corrected chi connectivity index (χ1v) is 12.5. The Balaban J connectivity index is 0.000000464. The Bertz CT molecular complexity index is 1430. The third kappa shape index (κ3) is 4.43. The summed E-state index contributed by atoms with van der Waals surface area (Å²) in [7, 11) is 0. The van der Waals surface area contributed by atoms with Gasteiger partial charge in [-0.1, -0.05) is 48.5 Å². The zero-order valence-electron chi connectivity index (χ0n) is 21.2. The SMILES string of the molecule is CC(C)(C)O.CCOC(=O)Cc1c(C)nc2ccccc2c1-c1ccc2c3c(cccc13)C1CC21. The number of ether oxygens (including phenoxy) is 1. The average Bonchev–Trinajstić information content (AvgIpc) is 3.52. The van der Waals surface area contributed by atoms with E-state index < -0.39 is 5.60 Å². The number of rotatable bonds is 4. The minimum Gasteiger partial charge on any atom is -0.466 e. The van der Waals surface area contributed by atoms with Crippen LogP contribution in [0.25, 0.3) is 32.8 Å². The summed E-state index contributed by atoms with van der Waals surface area (Å²) in [6, 6.07) is 19.5.